The van der Waals surface area contributed by atoms with Crippen LogP contribution in [0.3, 0.4) is 0 Å². The Balaban J connectivity index is 2.08. The number of methoxy groups -OCH3 is 1. The van der Waals surface area contributed by atoms with Gasteiger partial charge in [0, 0.05) is 19.0 Å². The number of hydrogen-bond acceptors (Lipinski definition) is 3. The molecule has 2 unspecified atom stereocenters. The van der Waals surface area contributed by atoms with Crippen LogP contribution in [0.1, 0.15) is 23.5 Å². The summed E-state index contributed by atoms with van der Waals surface area (Å²) in [5.74, 6) is 0.103. The third-order valence-corrected chi connectivity index (χ3v) is 4.80. The minimum absolute atomic E-state index is 0.269. The lowest BCUT2D eigenvalue weighted by atomic mass is 9.72. The maximum atomic E-state index is 14.4. The Bertz CT molecular complexity index is 691. The number of aliphatic hydroxyl groups is 1. The van der Waals surface area contributed by atoms with Crippen molar-refractivity contribution in [3.05, 3.63) is 65.5 Å². The number of benzene rings is 2. The van der Waals surface area contributed by atoms with E-state index >= 15 is 0 Å². The van der Waals surface area contributed by atoms with E-state index in [4.69, 9.17) is 4.74 Å². The molecule has 2 aromatic rings. The second-order valence-electron chi connectivity index (χ2n) is 6.24. The van der Waals surface area contributed by atoms with E-state index in [1.165, 1.54) is 6.07 Å². The topological polar surface area (TPSA) is 32.7 Å². The van der Waals surface area contributed by atoms with E-state index < -0.39 is 5.60 Å². The lowest BCUT2D eigenvalue weighted by Gasteiger charge is -2.44. The molecule has 1 saturated heterocycles. The summed E-state index contributed by atoms with van der Waals surface area (Å²) >= 11 is 0. The number of nitrogens with zero attached hydrogens (tertiary/aromatic N) is 1. The fourth-order valence-corrected chi connectivity index (χ4v) is 3.44. The number of rotatable bonds is 3. The van der Waals surface area contributed by atoms with E-state index in [0.717, 1.165) is 12.1 Å². The number of likely N-dealkylation sites (tertiary alicyclic amines) is 1. The zero-order valence-corrected chi connectivity index (χ0v) is 13.5. The van der Waals surface area contributed by atoms with Gasteiger partial charge in [0.15, 0.2) is 0 Å². The summed E-state index contributed by atoms with van der Waals surface area (Å²) in [6.07, 6.45) is 0.551. The van der Waals surface area contributed by atoms with E-state index in [1.54, 1.807) is 19.2 Å². The predicted octanol–water partition coefficient (Wildman–Crippen LogP) is 3.14. The first-order valence-electron chi connectivity index (χ1n) is 7.84. The minimum Gasteiger partial charge on any atom is -0.497 e. The highest BCUT2D eigenvalue weighted by Gasteiger charge is 2.44. The van der Waals surface area contributed by atoms with Crippen LogP contribution in [0.5, 0.6) is 5.75 Å². The Kier molecular flexibility index (Phi) is 4.37. The van der Waals surface area contributed by atoms with Gasteiger partial charge >= 0.3 is 0 Å². The van der Waals surface area contributed by atoms with Gasteiger partial charge in [-0.05, 0) is 42.8 Å². The zero-order valence-electron chi connectivity index (χ0n) is 13.5. The summed E-state index contributed by atoms with van der Waals surface area (Å²) in [6, 6.07) is 14.2. The van der Waals surface area contributed by atoms with Crippen LogP contribution < -0.4 is 4.74 Å². The van der Waals surface area contributed by atoms with Gasteiger partial charge in [0.05, 0.1) is 12.7 Å². The van der Waals surface area contributed by atoms with Crippen molar-refractivity contribution in [1.29, 1.82) is 0 Å². The summed E-state index contributed by atoms with van der Waals surface area (Å²) in [5.41, 5.74) is 0.228. The Morgan fingerprint density at radius 3 is 2.74 bits per heavy atom. The number of likely N-dealkylation sites (N-methyl/N-ethyl adjacent to an activating group) is 1. The molecule has 1 aliphatic rings. The fourth-order valence-electron chi connectivity index (χ4n) is 3.44. The largest absolute Gasteiger partial charge is 0.497 e. The molecule has 23 heavy (non-hydrogen) atoms. The Labute approximate surface area is 136 Å². The molecule has 3 rings (SSSR count). The Hall–Kier alpha value is -1.91. The van der Waals surface area contributed by atoms with Crippen LogP contribution in [0, 0.1) is 5.82 Å². The number of hydrogen-bond donors (Lipinski definition) is 1. The predicted molar refractivity (Wildman–Crippen MR) is 88.1 cm³/mol. The Morgan fingerprint density at radius 2 is 2.00 bits per heavy atom. The van der Waals surface area contributed by atoms with E-state index in [1.807, 2.05) is 37.4 Å². The van der Waals surface area contributed by atoms with Gasteiger partial charge in [0.2, 0.25) is 0 Å². The molecule has 2 atom stereocenters. The van der Waals surface area contributed by atoms with E-state index in [9.17, 15) is 9.50 Å². The summed E-state index contributed by atoms with van der Waals surface area (Å²) < 4.78 is 19.6. The second-order valence-corrected chi connectivity index (χ2v) is 6.24. The van der Waals surface area contributed by atoms with Crippen molar-refractivity contribution in [1.82, 2.24) is 4.90 Å². The van der Waals surface area contributed by atoms with Crippen molar-refractivity contribution >= 4 is 0 Å². The number of halogens is 1. The molecule has 3 nitrogen and oxygen atoms in total. The van der Waals surface area contributed by atoms with Gasteiger partial charge in [0.25, 0.3) is 0 Å². The van der Waals surface area contributed by atoms with Gasteiger partial charge in [-0.3, -0.25) is 0 Å². The summed E-state index contributed by atoms with van der Waals surface area (Å²) in [4.78, 5) is 2.13. The first kappa shape index (κ1) is 16.0. The molecule has 0 aliphatic carbocycles. The van der Waals surface area contributed by atoms with Gasteiger partial charge in [-0.1, -0.05) is 30.3 Å². The molecule has 0 bridgehead atoms. The SMILES string of the molecule is COc1cccc(C2(O)CCN(C)CC2c2ccccc2F)c1. The summed E-state index contributed by atoms with van der Waals surface area (Å²) in [6.45, 7) is 1.37. The van der Waals surface area contributed by atoms with Crippen molar-refractivity contribution in [3.63, 3.8) is 0 Å². The second kappa shape index (κ2) is 6.30. The van der Waals surface area contributed by atoms with E-state index in [2.05, 4.69) is 4.90 Å². The molecule has 0 radical (unpaired) electrons. The smallest absolute Gasteiger partial charge is 0.126 e. The third-order valence-electron chi connectivity index (χ3n) is 4.80. The monoisotopic (exact) mass is 315 g/mol. The maximum Gasteiger partial charge on any atom is 0.126 e. The molecule has 0 amide bonds. The van der Waals surface area contributed by atoms with Gasteiger partial charge < -0.3 is 14.7 Å². The average Bonchev–Trinajstić information content (AvgIpc) is 2.58. The molecule has 1 heterocycles. The van der Waals surface area contributed by atoms with Crippen molar-refractivity contribution in [2.24, 2.45) is 0 Å². The van der Waals surface area contributed by atoms with Gasteiger partial charge in [0.1, 0.15) is 11.6 Å². The number of ether oxygens (including phenoxy) is 1. The molecule has 0 spiro atoms. The molecule has 1 aliphatic heterocycles. The number of piperidine rings is 1. The molecular formula is C19H22FNO2. The fraction of sp³-hybridized carbons (Fsp3) is 0.368. The molecule has 2 aromatic carbocycles. The molecule has 0 saturated carbocycles. The normalized spacial score (nSPS) is 25.3. The van der Waals surface area contributed by atoms with Crippen LogP contribution in [-0.4, -0.2) is 37.3 Å². The first-order chi connectivity index (χ1) is 11.0. The highest BCUT2D eigenvalue weighted by molar-refractivity contribution is 5.37. The lowest BCUT2D eigenvalue weighted by molar-refractivity contribution is -0.0429. The molecule has 4 heteroatoms. The van der Waals surface area contributed by atoms with Gasteiger partial charge in [-0.15, -0.1) is 0 Å². The molecule has 122 valence electrons. The quantitative estimate of drug-likeness (QED) is 0.944. The van der Waals surface area contributed by atoms with Crippen molar-refractivity contribution < 1.29 is 14.2 Å². The molecule has 1 fully saturated rings. The Morgan fingerprint density at radius 1 is 1.22 bits per heavy atom. The van der Waals surface area contributed by atoms with Crippen LogP contribution in [-0.2, 0) is 5.60 Å². The van der Waals surface area contributed by atoms with Crippen molar-refractivity contribution in [2.75, 3.05) is 27.2 Å². The minimum atomic E-state index is -1.11. The van der Waals surface area contributed by atoms with Crippen molar-refractivity contribution in [3.8, 4) is 5.75 Å². The van der Waals surface area contributed by atoms with Crippen LogP contribution in [0.4, 0.5) is 4.39 Å². The molecular weight excluding hydrogens is 293 g/mol. The van der Waals surface area contributed by atoms with Gasteiger partial charge in [-0.2, -0.15) is 0 Å². The summed E-state index contributed by atoms with van der Waals surface area (Å²) in [5, 5.41) is 11.5. The molecule has 1 N–H and O–H groups in total. The van der Waals surface area contributed by atoms with Crippen LogP contribution in [0.15, 0.2) is 48.5 Å². The molecule has 0 aromatic heterocycles. The van der Waals surface area contributed by atoms with E-state index in [-0.39, 0.29) is 11.7 Å². The first-order valence-corrected chi connectivity index (χ1v) is 7.84. The zero-order chi connectivity index (χ0) is 16.4. The standard InChI is InChI=1S/C19H22FNO2/c1-21-11-10-19(22,14-6-5-7-15(12-14)23-2)17(13-21)16-8-3-4-9-18(16)20/h3-9,12,17,22H,10-11,13H2,1-2H3. The summed E-state index contributed by atoms with van der Waals surface area (Å²) in [7, 11) is 3.60. The highest BCUT2D eigenvalue weighted by Crippen LogP contribution is 2.44. The van der Waals surface area contributed by atoms with E-state index in [0.29, 0.717) is 24.3 Å². The van der Waals surface area contributed by atoms with Crippen LogP contribution in [0.25, 0.3) is 0 Å². The highest BCUT2D eigenvalue weighted by atomic mass is 19.1. The maximum absolute atomic E-state index is 14.4. The third kappa shape index (κ3) is 2.96. The van der Waals surface area contributed by atoms with Gasteiger partial charge in [-0.25, -0.2) is 4.39 Å². The van der Waals surface area contributed by atoms with Crippen LogP contribution >= 0.6 is 0 Å². The lowest BCUT2D eigenvalue weighted by Crippen LogP contribution is -2.47. The van der Waals surface area contributed by atoms with Crippen LogP contribution in [0.2, 0.25) is 0 Å². The van der Waals surface area contributed by atoms with Crippen molar-refractivity contribution in [2.45, 2.75) is 17.9 Å². The average molecular weight is 315 g/mol.